The van der Waals surface area contributed by atoms with Gasteiger partial charge in [-0.15, -0.1) is 0 Å². The minimum absolute atomic E-state index is 0.0553. The summed E-state index contributed by atoms with van der Waals surface area (Å²) in [7, 11) is 0. The fourth-order valence-electron chi connectivity index (χ4n) is 3.66. The number of piperazine rings is 1. The zero-order valence-electron chi connectivity index (χ0n) is 13.7. The molecular formula is C17H30N2O2. The Hall–Kier alpha value is -1.06. The van der Waals surface area contributed by atoms with Crippen LogP contribution in [0.25, 0.3) is 0 Å². The highest BCUT2D eigenvalue weighted by atomic mass is 16.2. The summed E-state index contributed by atoms with van der Waals surface area (Å²) >= 11 is 0. The Morgan fingerprint density at radius 1 is 1.24 bits per heavy atom. The topological polar surface area (TPSA) is 49.4 Å². The number of carbonyl (C=O) groups is 2. The highest BCUT2D eigenvalue weighted by Gasteiger charge is 2.42. The molecule has 21 heavy (non-hydrogen) atoms. The molecule has 120 valence electrons. The van der Waals surface area contributed by atoms with Gasteiger partial charge in [-0.05, 0) is 31.1 Å². The molecule has 1 saturated carbocycles. The lowest BCUT2D eigenvalue weighted by Crippen LogP contribution is -2.65. The van der Waals surface area contributed by atoms with E-state index in [0.717, 1.165) is 25.8 Å². The second kappa shape index (κ2) is 7.28. The van der Waals surface area contributed by atoms with Crippen LogP contribution in [0.15, 0.2) is 0 Å². The Morgan fingerprint density at radius 3 is 2.48 bits per heavy atom. The number of hydrogen-bond donors (Lipinski definition) is 1. The van der Waals surface area contributed by atoms with Crippen LogP contribution in [0.2, 0.25) is 0 Å². The highest BCUT2D eigenvalue weighted by Crippen LogP contribution is 2.29. The average molecular weight is 294 g/mol. The van der Waals surface area contributed by atoms with Crippen LogP contribution < -0.4 is 5.32 Å². The van der Waals surface area contributed by atoms with Crippen LogP contribution in [-0.2, 0) is 9.59 Å². The number of amides is 2. The standard InChI is InChI=1S/C17H30N2O2/c1-4-8-14-16(20)18-15(12(3)5-2)17(21)19(14)11-13-9-6-7-10-13/h12-15H,4-11H2,1-3H3,(H,18,20). The predicted molar refractivity (Wildman–Crippen MR) is 83.8 cm³/mol. The smallest absolute Gasteiger partial charge is 0.246 e. The fourth-order valence-corrected chi connectivity index (χ4v) is 3.66. The maximum absolute atomic E-state index is 12.9. The third-order valence-corrected chi connectivity index (χ3v) is 5.23. The first kappa shape index (κ1) is 16.3. The molecule has 2 amide bonds. The first-order valence-corrected chi connectivity index (χ1v) is 8.69. The maximum Gasteiger partial charge on any atom is 0.246 e. The molecule has 0 bridgehead atoms. The van der Waals surface area contributed by atoms with Crippen LogP contribution in [0.5, 0.6) is 0 Å². The van der Waals surface area contributed by atoms with Crippen molar-refractivity contribution in [2.75, 3.05) is 6.54 Å². The summed E-state index contributed by atoms with van der Waals surface area (Å²) in [4.78, 5) is 27.2. The van der Waals surface area contributed by atoms with E-state index in [0.29, 0.717) is 5.92 Å². The van der Waals surface area contributed by atoms with Crippen LogP contribution in [0.4, 0.5) is 0 Å². The zero-order chi connectivity index (χ0) is 15.4. The van der Waals surface area contributed by atoms with Gasteiger partial charge < -0.3 is 10.2 Å². The molecule has 1 N–H and O–H groups in total. The van der Waals surface area contributed by atoms with E-state index in [2.05, 4.69) is 26.1 Å². The monoisotopic (exact) mass is 294 g/mol. The van der Waals surface area contributed by atoms with Gasteiger partial charge in [-0.25, -0.2) is 0 Å². The van der Waals surface area contributed by atoms with Gasteiger partial charge in [0.05, 0.1) is 0 Å². The highest BCUT2D eigenvalue weighted by molar-refractivity contribution is 5.97. The van der Waals surface area contributed by atoms with Crippen molar-refractivity contribution in [2.24, 2.45) is 11.8 Å². The average Bonchev–Trinajstić information content (AvgIpc) is 2.98. The lowest BCUT2D eigenvalue weighted by atomic mass is 9.92. The first-order chi connectivity index (χ1) is 10.1. The number of nitrogens with zero attached hydrogens (tertiary/aromatic N) is 1. The van der Waals surface area contributed by atoms with E-state index in [-0.39, 0.29) is 29.8 Å². The molecule has 2 aliphatic rings. The first-order valence-electron chi connectivity index (χ1n) is 8.69. The molecule has 1 aliphatic carbocycles. The molecule has 3 unspecified atom stereocenters. The van der Waals surface area contributed by atoms with Gasteiger partial charge in [-0.3, -0.25) is 9.59 Å². The van der Waals surface area contributed by atoms with Crippen molar-refractivity contribution in [2.45, 2.75) is 77.8 Å². The van der Waals surface area contributed by atoms with E-state index in [9.17, 15) is 9.59 Å². The van der Waals surface area contributed by atoms with E-state index in [4.69, 9.17) is 0 Å². The van der Waals surface area contributed by atoms with Gasteiger partial charge in [0.15, 0.2) is 0 Å². The van der Waals surface area contributed by atoms with Crippen molar-refractivity contribution >= 4 is 11.8 Å². The van der Waals surface area contributed by atoms with Crippen LogP contribution in [-0.4, -0.2) is 35.3 Å². The largest absolute Gasteiger partial charge is 0.342 e. The van der Waals surface area contributed by atoms with Gasteiger partial charge in [-0.1, -0.05) is 46.5 Å². The van der Waals surface area contributed by atoms with Crippen molar-refractivity contribution in [1.82, 2.24) is 10.2 Å². The van der Waals surface area contributed by atoms with E-state index < -0.39 is 0 Å². The van der Waals surface area contributed by atoms with Gasteiger partial charge >= 0.3 is 0 Å². The Balaban J connectivity index is 2.14. The second-order valence-electron chi connectivity index (χ2n) is 6.82. The molecule has 0 spiro atoms. The molecule has 0 aromatic carbocycles. The second-order valence-corrected chi connectivity index (χ2v) is 6.82. The van der Waals surface area contributed by atoms with Gasteiger partial charge in [0, 0.05) is 6.54 Å². The Labute approximate surface area is 128 Å². The Morgan fingerprint density at radius 2 is 1.90 bits per heavy atom. The SMILES string of the molecule is CCCC1C(=O)NC(C(C)CC)C(=O)N1CC1CCCC1. The summed E-state index contributed by atoms with van der Waals surface area (Å²) in [5.74, 6) is 1.00. The lowest BCUT2D eigenvalue weighted by molar-refractivity contribution is -0.151. The maximum atomic E-state index is 12.9. The predicted octanol–water partition coefficient (Wildman–Crippen LogP) is 2.72. The molecule has 1 heterocycles. The van der Waals surface area contributed by atoms with Crippen molar-refractivity contribution in [3.8, 4) is 0 Å². The van der Waals surface area contributed by atoms with Crippen molar-refractivity contribution in [3.05, 3.63) is 0 Å². The van der Waals surface area contributed by atoms with E-state index in [1.54, 1.807) is 0 Å². The van der Waals surface area contributed by atoms with Crippen LogP contribution >= 0.6 is 0 Å². The lowest BCUT2D eigenvalue weighted by Gasteiger charge is -2.42. The normalized spacial score (nSPS) is 28.8. The summed E-state index contributed by atoms with van der Waals surface area (Å²) in [5, 5.41) is 2.98. The van der Waals surface area contributed by atoms with E-state index >= 15 is 0 Å². The third kappa shape index (κ3) is 3.58. The number of carbonyl (C=O) groups excluding carboxylic acids is 2. The van der Waals surface area contributed by atoms with Crippen molar-refractivity contribution in [1.29, 1.82) is 0 Å². The Bertz CT molecular complexity index is 377. The van der Waals surface area contributed by atoms with E-state index in [1.165, 1.54) is 25.7 Å². The summed E-state index contributed by atoms with van der Waals surface area (Å²) in [5.41, 5.74) is 0. The quantitative estimate of drug-likeness (QED) is 0.819. The van der Waals surface area contributed by atoms with Gasteiger partial charge in [0.25, 0.3) is 0 Å². The van der Waals surface area contributed by atoms with Crippen LogP contribution in [0, 0.1) is 11.8 Å². The van der Waals surface area contributed by atoms with E-state index in [1.807, 2.05) is 4.90 Å². The number of nitrogens with one attached hydrogen (secondary N) is 1. The molecule has 2 fully saturated rings. The molecule has 0 aromatic heterocycles. The number of rotatable bonds is 6. The molecule has 0 aromatic rings. The molecule has 0 radical (unpaired) electrons. The molecule has 1 aliphatic heterocycles. The summed E-state index contributed by atoms with van der Waals surface area (Å²) < 4.78 is 0. The molecule has 4 heteroatoms. The summed E-state index contributed by atoms with van der Waals surface area (Å²) in [6.45, 7) is 6.98. The molecule has 2 rings (SSSR count). The van der Waals surface area contributed by atoms with Gasteiger partial charge in [0.1, 0.15) is 12.1 Å². The van der Waals surface area contributed by atoms with Crippen LogP contribution in [0.3, 0.4) is 0 Å². The number of hydrogen-bond acceptors (Lipinski definition) is 2. The molecule has 1 saturated heterocycles. The minimum Gasteiger partial charge on any atom is -0.342 e. The van der Waals surface area contributed by atoms with Crippen molar-refractivity contribution < 1.29 is 9.59 Å². The van der Waals surface area contributed by atoms with Gasteiger partial charge in [0.2, 0.25) is 11.8 Å². The van der Waals surface area contributed by atoms with Gasteiger partial charge in [-0.2, -0.15) is 0 Å². The summed E-state index contributed by atoms with van der Waals surface area (Å²) in [6, 6.07) is -0.569. The molecular weight excluding hydrogens is 264 g/mol. The molecule has 4 nitrogen and oxygen atoms in total. The van der Waals surface area contributed by atoms with Crippen molar-refractivity contribution in [3.63, 3.8) is 0 Å². The fraction of sp³-hybridized carbons (Fsp3) is 0.882. The third-order valence-electron chi connectivity index (χ3n) is 5.23. The molecule has 3 atom stereocenters. The summed E-state index contributed by atoms with van der Waals surface area (Å²) in [6.07, 6.45) is 7.57. The Kier molecular flexibility index (Phi) is 5.65. The van der Waals surface area contributed by atoms with Crippen LogP contribution in [0.1, 0.15) is 65.7 Å². The zero-order valence-corrected chi connectivity index (χ0v) is 13.7. The minimum atomic E-state index is -0.322.